The van der Waals surface area contributed by atoms with Gasteiger partial charge in [-0.2, -0.15) is 24.7 Å². The van der Waals surface area contributed by atoms with E-state index in [1.807, 2.05) is 0 Å². The van der Waals surface area contributed by atoms with Gasteiger partial charge in [0.05, 0.1) is 0 Å². The van der Waals surface area contributed by atoms with E-state index in [9.17, 15) is 0 Å². The Labute approximate surface area is 116 Å². The summed E-state index contributed by atoms with van der Waals surface area (Å²) in [4.78, 5) is 19.0. The zero-order chi connectivity index (χ0) is 14.1. The number of nitrogens with two attached hydrogens (primary N) is 1. The van der Waals surface area contributed by atoms with E-state index in [2.05, 4.69) is 49.2 Å². The van der Waals surface area contributed by atoms with E-state index in [1.165, 1.54) is 17.3 Å². The lowest BCUT2D eigenvalue weighted by Gasteiger charge is -2.21. The fraction of sp³-hybridized carbons (Fsp3) is 0.545. The van der Waals surface area contributed by atoms with E-state index in [4.69, 9.17) is 5.84 Å². The van der Waals surface area contributed by atoms with Gasteiger partial charge in [0.25, 0.3) is 5.95 Å². The van der Waals surface area contributed by atoms with Gasteiger partial charge in [-0.15, -0.1) is 0 Å². The normalized spacial score (nSPS) is 22.2. The molecule has 2 aromatic rings. The molecule has 3 heterocycles. The molecule has 2 aromatic heterocycles. The first-order valence-corrected chi connectivity index (χ1v) is 6.51. The number of hydrogen-bond acceptors (Lipinski definition) is 8. The van der Waals surface area contributed by atoms with Crippen LogP contribution in [0.4, 0.5) is 11.9 Å². The summed E-state index contributed by atoms with van der Waals surface area (Å²) >= 11 is 0. The minimum Gasteiger partial charge on any atom is -0.338 e. The smallest absolute Gasteiger partial charge is 0.258 e. The summed E-state index contributed by atoms with van der Waals surface area (Å²) < 4.78 is 1.48. The number of nitrogens with one attached hydrogen (secondary N) is 1. The topological polar surface area (TPSA) is 111 Å². The Hall–Kier alpha value is -2.29. The van der Waals surface area contributed by atoms with Crippen LogP contribution >= 0.6 is 0 Å². The molecule has 1 fully saturated rings. The van der Waals surface area contributed by atoms with Crippen molar-refractivity contribution in [2.45, 2.75) is 26.3 Å². The maximum Gasteiger partial charge on any atom is 0.258 e. The van der Waals surface area contributed by atoms with E-state index in [0.29, 0.717) is 29.8 Å². The van der Waals surface area contributed by atoms with Crippen molar-refractivity contribution in [3.05, 3.63) is 12.7 Å². The van der Waals surface area contributed by atoms with Crippen molar-refractivity contribution in [3.8, 4) is 5.95 Å². The Morgan fingerprint density at radius 3 is 2.65 bits per heavy atom. The standard InChI is InChI=1S/C11H17N9/c1-7-3-8(2)19(4-7)10-15-9(18-12)16-11(17-10)20-6-13-5-14-20/h5-8H,3-4,12H2,1-2H3,(H,15,16,17,18). The lowest BCUT2D eigenvalue weighted by molar-refractivity contribution is 0.624. The van der Waals surface area contributed by atoms with Gasteiger partial charge in [-0.05, 0) is 19.3 Å². The SMILES string of the molecule is CC1CC(C)N(c2nc(NN)nc(-n3cncn3)n2)C1. The summed E-state index contributed by atoms with van der Waals surface area (Å²) in [5.74, 6) is 7.37. The van der Waals surface area contributed by atoms with Crippen LogP contribution in [0.25, 0.3) is 5.95 Å². The highest BCUT2D eigenvalue weighted by atomic mass is 15.4. The second-order valence-corrected chi connectivity index (χ2v) is 5.09. The van der Waals surface area contributed by atoms with Gasteiger partial charge in [-0.3, -0.25) is 5.43 Å². The molecule has 2 atom stereocenters. The molecule has 9 heteroatoms. The molecule has 0 spiro atoms. The third-order valence-corrected chi connectivity index (χ3v) is 3.41. The molecule has 3 N–H and O–H groups in total. The number of hydrazine groups is 1. The molecule has 1 aliphatic heterocycles. The Balaban J connectivity index is 2.00. The molecule has 0 aliphatic carbocycles. The van der Waals surface area contributed by atoms with Gasteiger partial charge in [0.15, 0.2) is 0 Å². The molecule has 106 valence electrons. The summed E-state index contributed by atoms with van der Waals surface area (Å²) in [6.07, 6.45) is 4.09. The molecule has 0 aromatic carbocycles. The van der Waals surface area contributed by atoms with Gasteiger partial charge in [0, 0.05) is 12.6 Å². The number of aromatic nitrogens is 6. The number of rotatable bonds is 3. The lowest BCUT2D eigenvalue weighted by atomic mass is 10.1. The van der Waals surface area contributed by atoms with Crippen LogP contribution in [-0.4, -0.2) is 42.3 Å². The highest BCUT2D eigenvalue weighted by molar-refractivity contribution is 5.41. The van der Waals surface area contributed by atoms with Crippen LogP contribution in [0, 0.1) is 5.92 Å². The second-order valence-electron chi connectivity index (χ2n) is 5.09. The number of nitrogens with zero attached hydrogens (tertiary/aromatic N) is 7. The fourth-order valence-electron chi connectivity index (χ4n) is 2.54. The summed E-state index contributed by atoms with van der Waals surface area (Å²) in [5.41, 5.74) is 2.47. The van der Waals surface area contributed by atoms with Crippen molar-refractivity contribution < 1.29 is 0 Å². The Morgan fingerprint density at radius 1 is 1.25 bits per heavy atom. The molecular weight excluding hydrogens is 258 g/mol. The first-order valence-electron chi connectivity index (χ1n) is 6.51. The van der Waals surface area contributed by atoms with Crippen LogP contribution in [0.3, 0.4) is 0 Å². The van der Waals surface area contributed by atoms with Gasteiger partial charge in [0.1, 0.15) is 12.7 Å². The van der Waals surface area contributed by atoms with Crippen LogP contribution < -0.4 is 16.2 Å². The van der Waals surface area contributed by atoms with E-state index in [1.54, 1.807) is 0 Å². The maximum absolute atomic E-state index is 5.44. The minimum atomic E-state index is 0.312. The average Bonchev–Trinajstić information content (AvgIpc) is 3.08. The van der Waals surface area contributed by atoms with Crippen molar-refractivity contribution in [1.82, 2.24) is 29.7 Å². The monoisotopic (exact) mass is 275 g/mol. The first-order chi connectivity index (χ1) is 9.67. The van der Waals surface area contributed by atoms with Crippen molar-refractivity contribution in [2.24, 2.45) is 11.8 Å². The molecule has 1 saturated heterocycles. The van der Waals surface area contributed by atoms with Crippen LogP contribution in [0.5, 0.6) is 0 Å². The molecular formula is C11H17N9. The maximum atomic E-state index is 5.44. The van der Waals surface area contributed by atoms with Gasteiger partial charge in [-0.1, -0.05) is 6.92 Å². The van der Waals surface area contributed by atoms with Gasteiger partial charge >= 0.3 is 0 Å². The third kappa shape index (κ3) is 2.27. The van der Waals surface area contributed by atoms with E-state index < -0.39 is 0 Å². The van der Waals surface area contributed by atoms with Crippen molar-refractivity contribution in [3.63, 3.8) is 0 Å². The van der Waals surface area contributed by atoms with Crippen molar-refractivity contribution >= 4 is 11.9 Å². The average molecular weight is 275 g/mol. The number of hydrogen-bond donors (Lipinski definition) is 2. The zero-order valence-electron chi connectivity index (χ0n) is 11.4. The molecule has 1 aliphatic rings. The first kappa shape index (κ1) is 12.7. The lowest BCUT2D eigenvalue weighted by Crippen LogP contribution is -2.30. The van der Waals surface area contributed by atoms with Gasteiger partial charge in [0.2, 0.25) is 11.9 Å². The summed E-state index contributed by atoms with van der Waals surface area (Å²) in [6.45, 7) is 5.31. The second kappa shape index (κ2) is 5.00. The molecule has 0 amide bonds. The quantitative estimate of drug-likeness (QED) is 0.593. The van der Waals surface area contributed by atoms with Crippen LogP contribution in [-0.2, 0) is 0 Å². The van der Waals surface area contributed by atoms with Crippen LogP contribution in [0.1, 0.15) is 20.3 Å². The minimum absolute atomic E-state index is 0.312. The van der Waals surface area contributed by atoms with Gasteiger partial charge in [-0.25, -0.2) is 10.8 Å². The third-order valence-electron chi connectivity index (χ3n) is 3.41. The largest absolute Gasteiger partial charge is 0.338 e. The molecule has 2 unspecified atom stereocenters. The van der Waals surface area contributed by atoms with Gasteiger partial charge < -0.3 is 4.90 Å². The molecule has 3 rings (SSSR count). The van der Waals surface area contributed by atoms with E-state index in [-0.39, 0.29) is 0 Å². The molecule has 0 saturated carbocycles. The van der Waals surface area contributed by atoms with Crippen LogP contribution in [0.15, 0.2) is 12.7 Å². The van der Waals surface area contributed by atoms with E-state index >= 15 is 0 Å². The highest BCUT2D eigenvalue weighted by Gasteiger charge is 2.29. The summed E-state index contributed by atoms with van der Waals surface area (Å²) in [5, 5.41) is 4.03. The predicted molar refractivity (Wildman–Crippen MR) is 73.1 cm³/mol. The Morgan fingerprint density at radius 2 is 2.05 bits per heavy atom. The van der Waals surface area contributed by atoms with Crippen LogP contribution in [0.2, 0.25) is 0 Å². The molecule has 20 heavy (non-hydrogen) atoms. The van der Waals surface area contributed by atoms with Crippen molar-refractivity contribution in [2.75, 3.05) is 16.9 Å². The molecule has 0 radical (unpaired) electrons. The summed E-state index contributed by atoms with van der Waals surface area (Å²) in [6, 6.07) is 0.390. The molecule has 9 nitrogen and oxygen atoms in total. The predicted octanol–water partition coefficient (Wildman–Crippen LogP) is -0.0274. The highest BCUT2D eigenvalue weighted by Crippen LogP contribution is 2.26. The van der Waals surface area contributed by atoms with Crippen molar-refractivity contribution in [1.29, 1.82) is 0 Å². The summed E-state index contributed by atoms with van der Waals surface area (Å²) in [7, 11) is 0. The zero-order valence-corrected chi connectivity index (χ0v) is 11.4. The molecule has 0 bridgehead atoms. The fourth-order valence-corrected chi connectivity index (χ4v) is 2.54. The number of anilines is 2. The van der Waals surface area contributed by atoms with E-state index in [0.717, 1.165) is 13.0 Å². The number of nitrogen functional groups attached to an aromatic ring is 1. The Kier molecular flexibility index (Phi) is 3.18. The Bertz CT molecular complexity index is 582.